The Kier molecular flexibility index (Phi) is 5.95. The highest BCUT2D eigenvalue weighted by Crippen LogP contribution is 2.30. The molecule has 4 aromatic rings. The third-order valence-electron chi connectivity index (χ3n) is 5.84. The van der Waals surface area contributed by atoms with E-state index in [9.17, 15) is 9.18 Å². The van der Waals surface area contributed by atoms with Crippen molar-refractivity contribution in [1.29, 1.82) is 0 Å². The molecule has 1 saturated heterocycles. The highest BCUT2D eigenvalue weighted by Gasteiger charge is 2.28. The molecule has 1 aliphatic rings. The number of methoxy groups -OCH3 is 1. The lowest BCUT2D eigenvalue weighted by atomic mass is 9.97. The molecule has 0 aliphatic carbocycles. The van der Waals surface area contributed by atoms with Crippen LogP contribution in [0.2, 0.25) is 0 Å². The maximum Gasteiger partial charge on any atom is 0.225 e. The number of anilines is 1. The molecule has 0 radical (unpaired) electrons. The molecule has 170 valence electrons. The summed E-state index contributed by atoms with van der Waals surface area (Å²) in [6.07, 6.45) is 3.66. The molecule has 1 atom stereocenters. The number of ether oxygens (including phenoxy) is 1. The lowest BCUT2D eigenvalue weighted by molar-refractivity contribution is -0.125. The van der Waals surface area contributed by atoms with Crippen LogP contribution in [0, 0.1) is 11.7 Å². The van der Waals surface area contributed by atoms with Crippen molar-refractivity contribution in [3.63, 3.8) is 0 Å². The normalized spacial score (nSPS) is 16.2. The third kappa shape index (κ3) is 4.68. The predicted molar refractivity (Wildman–Crippen MR) is 126 cm³/mol. The van der Waals surface area contributed by atoms with Gasteiger partial charge in [-0.1, -0.05) is 23.5 Å². The summed E-state index contributed by atoms with van der Waals surface area (Å²) in [6.45, 7) is 1.79. The number of aromatic nitrogens is 3. The highest BCUT2D eigenvalue weighted by molar-refractivity contribution is 7.20. The van der Waals surface area contributed by atoms with Crippen molar-refractivity contribution in [3.05, 3.63) is 66.1 Å². The van der Waals surface area contributed by atoms with Gasteiger partial charge in [-0.2, -0.15) is 0 Å². The van der Waals surface area contributed by atoms with Crippen LogP contribution in [0.15, 0.2) is 54.7 Å². The fraction of sp³-hybridized carbons (Fsp3) is 0.292. The number of halogens is 1. The fourth-order valence-corrected chi connectivity index (χ4v) is 4.98. The predicted octanol–water partition coefficient (Wildman–Crippen LogP) is 4.14. The molecule has 9 heteroatoms. The summed E-state index contributed by atoms with van der Waals surface area (Å²) in [7, 11) is 1.65. The third-order valence-corrected chi connectivity index (χ3v) is 6.82. The zero-order valence-electron chi connectivity index (χ0n) is 18.2. The largest absolute Gasteiger partial charge is 0.497 e. The van der Waals surface area contributed by atoms with E-state index >= 15 is 0 Å². The van der Waals surface area contributed by atoms with Crippen molar-refractivity contribution >= 4 is 27.3 Å². The number of hydrogen-bond donors (Lipinski definition) is 1. The van der Waals surface area contributed by atoms with Crippen molar-refractivity contribution in [1.82, 2.24) is 19.9 Å². The molecule has 1 aliphatic heterocycles. The van der Waals surface area contributed by atoms with Gasteiger partial charge < -0.3 is 15.0 Å². The van der Waals surface area contributed by atoms with Crippen LogP contribution in [-0.4, -0.2) is 40.7 Å². The van der Waals surface area contributed by atoms with Gasteiger partial charge >= 0.3 is 0 Å². The molecule has 1 N–H and O–H groups in total. The Morgan fingerprint density at radius 3 is 2.88 bits per heavy atom. The Labute approximate surface area is 194 Å². The summed E-state index contributed by atoms with van der Waals surface area (Å²) < 4.78 is 20.4. The molecule has 0 bridgehead atoms. The number of fused-ring (bicyclic) bond motifs is 1. The average molecular weight is 466 g/mol. The van der Waals surface area contributed by atoms with E-state index in [-0.39, 0.29) is 17.6 Å². The summed E-state index contributed by atoms with van der Waals surface area (Å²) >= 11 is 1.52. The van der Waals surface area contributed by atoms with Crippen LogP contribution in [0.3, 0.4) is 0 Å². The molecule has 7 nitrogen and oxygen atoms in total. The van der Waals surface area contributed by atoms with E-state index < -0.39 is 0 Å². The number of imidazole rings is 1. The second-order valence-corrected chi connectivity index (χ2v) is 9.03. The van der Waals surface area contributed by atoms with Crippen molar-refractivity contribution < 1.29 is 13.9 Å². The van der Waals surface area contributed by atoms with Crippen LogP contribution in [-0.2, 0) is 11.3 Å². The van der Waals surface area contributed by atoms with E-state index in [1.165, 1.54) is 23.5 Å². The second-order valence-electron chi connectivity index (χ2n) is 8.10. The first-order valence-corrected chi connectivity index (χ1v) is 11.7. The number of carbonyl (C=O) groups is 1. The lowest BCUT2D eigenvalue weighted by Gasteiger charge is -2.31. The van der Waals surface area contributed by atoms with Gasteiger partial charge in [0.05, 0.1) is 24.9 Å². The average Bonchev–Trinajstić information content (AvgIpc) is 3.42. The first-order chi connectivity index (χ1) is 16.1. The number of piperidine rings is 1. The Morgan fingerprint density at radius 2 is 2.12 bits per heavy atom. The molecular weight excluding hydrogens is 441 g/mol. The summed E-state index contributed by atoms with van der Waals surface area (Å²) in [5.41, 5.74) is 2.61. The van der Waals surface area contributed by atoms with E-state index in [2.05, 4.69) is 10.2 Å². The van der Waals surface area contributed by atoms with Crippen molar-refractivity contribution in [2.45, 2.75) is 19.4 Å². The van der Waals surface area contributed by atoms with Gasteiger partial charge in [-0.15, -0.1) is 5.10 Å². The smallest absolute Gasteiger partial charge is 0.225 e. The van der Waals surface area contributed by atoms with Gasteiger partial charge in [-0.05, 0) is 54.8 Å². The van der Waals surface area contributed by atoms with E-state index in [1.54, 1.807) is 17.7 Å². The van der Waals surface area contributed by atoms with Crippen LogP contribution >= 0.6 is 11.3 Å². The zero-order valence-corrected chi connectivity index (χ0v) is 19.0. The molecule has 2 aromatic carbocycles. The Morgan fingerprint density at radius 1 is 1.27 bits per heavy atom. The van der Waals surface area contributed by atoms with Gasteiger partial charge in [0.15, 0.2) is 0 Å². The topological polar surface area (TPSA) is 71.8 Å². The van der Waals surface area contributed by atoms with Gasteiger partial charge in [0.1, 0.15) is 11.6 Å². The number of amides is 1. The summed E-state index contributed by atoms with van der Waals surface area (Å²) in [6, 6.07) is 14.1. The molecule has 0 saturated carbocycles. The minimum Gasteiger partial charge on any atom is -0.497 e. The number of carbonyl (C=O) groups excluding carboxylic acids is 1. The summed E-state index contributed by atoms with van der Waals surface area (Å²) in [5, 5.41) is 8.52. The maximum atomic E-state index is 13.4. The molecule has 5 rings (SSSR count). The number of hydrogen-bond acceptors (Lipinski definition) is 6. The Hall–Kier alpha value is -3.46. The van der Waals surface area contributed by atoms with Crippen molar-refractivity contribution in [2.24, 2.45) is 5.92 Å². The molecule has 1 fully saturated rings. The fourth-order valence-electron chi connectivity index (χ4n) is 4.06. The van der Waals surface area contributed by atoms with Crippen LogP contribution < -0.4 is 15.0 Å². The minimum absolute atomic E-state index is 0.00733. The Balaban J connectivity index is 1.24. The molecule has 2 aromatic heterocycles. The van der Waals surface area contributed by atoms with Gasteiger partial charge in [0, 0.05) is 25.2 Å². The quantitative estimate of drug-likeness (QED) is 0.464. The molecule has 1 amide bonds. The number of nitrogens with one attached hydrogen (secondary N) is 1. The van der Waals surface area contributed by atoms with E-state index in [1.807, 2.05) is 36.5 Å². The lowest BCUT2D eigenvalue weighted by Crippen LogP contribution is -2.43. The van der Waals surface area contributed by atoms with Gasteiger partial charge in [-0.3, -0.25) is 4.79 Å². The summed E-state index contributed by atoms with van der Waals surface area (Å²) in [5.74, 6) is 0.375. The molecule has 0 unspecified atom stereocenters. The zero-order chi connectivity index (χ0) is 22.8. The molecule has 3 heterocycles. The highest BCUT2D eigenvalue weighted by atomic mass is 32.1. The SMILES string of the molecule is COc1ccc(-c2cn3nc(N4CCC[C@@H](C(=O)NCc5cccc(F)c5)C4)sc3n2)cc1. The molecular formula is C24H24FN5O2S. The van der Waals surface area contributed by atoms with E-state index in [4.69, 9.17) is 14.8 Å². The first-order valence-electron chi connectivity index (χ1n) is 10.9. The minimum atomic E-state index is -0.297. The summed E-state index contributed by atoms with van der Waals surface area (Å²) in [4.78, 5) is 20.4. The van der Waals surface area contributed by atoms with E-state index in [0.717, 1.165) is 52.0 Å². The number of nitrogens with zero attached hydrogens (tertiary/aromatic N) is 4. The van der Waals surface area contributed by atoms with E-state index in [0.29, 0.717) is 13.1 Å². The first kappa shape index (κ1) is 21.4. The Bertz CT molecular complexity index is 1240. The van der Waals surface area contributed by atoms with Gasteiger partial charge in [0.25, 0.3) is 0 Å². The van der Waals surface area contributed by atoms with Crippen LogP contribution in [0.4, 0.5) is 9.52 Å². The standard InChI is InChI=1S/C24H24FN5O2S/c1-32-20-9-7-17(8-10-20)21-15-30-23(27-21)33-24(28-30)29-11-3-5-18(14-29)22(31)26-13-16-4-2-6-19(25)12-16/h2,4,6-10,12,15,18H,3,5,11,13-14H2,1H3,(H,26,31)/t18-/m1/s1. The van der Waals surface area contributed by atoms with Gasteiger partial charge in [-0.25, -0.2) is 13.9 Å². The van der Waals surface area contributed by atoms with Crippen LogP contribution in [0.1, 0.15) is 18.4 Å². The number of benzene rings is 2. The second kappa shape index (κ2) is 9.19. The van der Waals surface area contributed by atoms with Crippen LogP contribution in [0.5, 0.6) is 5.75 Å². The van der Waals surface area contributed by atoms with Crippen molar-refractivity contribution in [3.8, 4) is 17.0 Å². The maximum absolute atomic E-state index is 13.4. The monoisotopic (exact) mass is 465 g/mol. The molecule has 0 spiro atoms. The number of rotatable bonds is 6. The van der Waals surface area contributed by atoms with Crippen molar-refractivity contribution in [2.75, 3.05) is 25.1 Å². The molecule has 33 heavy (non-hydrogen) atoms. The van der Waals surface area contributed by atoms with Crippen LogP contribution in [0.25, 0.3) is 16.2 Å². The van der Waals surface area contributed by atoms with Gasteiger partial charge in [0.2, 0.25) is 16.0 Å².